The van der Waals surface area contributed by atoms with E-state index in [-0.39, 0.29) is 31.1 Å². The average molecular weight is 928 g/mol. The van der Waals surface area contributed by atoms with Crippen molar-refractivity contribution in [2.45, 2.75) is 316 Å². The number of rotatable bonds is 53. The topological polar surface area (TPSA) is 78.9 Å². The Morgan fingerprint density at radius 1 is 0.318 bits per heavy atom. The third-order valence-corrected chi connectivity index (χ3v) is 12.9. The van der Waals surface area contributed by atoms with Crippen LogP contribution in [-0.4, -0.2) is 37.2 Å². The van der Waals surface area contributed by atoms with Gasteiger partial charge in [0.05, 0.1) is 0 Å². The molecule has 6 nitrogen and oxygen atoms in total. The molecule has 0 aliphatic heterocycles. The summed E-state index contributed by atoms with van der Waals surface area (Å²) in [6.45, 7) is 6.56. The average Bonchev–Trinajstić information content (AvgIpc) is 3.31. The summed E-state index contributed by atoms with van der Waals surface area (Å²) in [5.74, 6) is -0.877. The van der Waals surface area contributed by atoms with Gasteiger partial charge in [-0.15, -0.1) is 0 Å². The van der Waals surface area contributed by atoms with E-state index in [0.29, 0.717) is 19.3 Å². The first kappa shape index (κ1) is 63.6. The molecular formula is C60H110O6. The molecule has 0 aromatic carbocycles. The van der Waals surface area contributed by atoms with Crippen molar-refractivity contribution in [2.75, 3.05) is 13.2 Å². The van der Waals surface area contributed by atoms with E-state index in [2.05, 4.69) is 57.2 Å². The van der Waals surface area contributed by atoms with Crippen molar-refractivity contribution in [1.29, 1.82) is 0 Å². The quantitative estimate of drug-likeness (QED) is 0.0262. The summed E-state index contributed by atoms with van der Waals surface area (Å²) in [5, 5.41) is 0. The van der Waals surface area contributed by atoms with Crippen LogP contribution in [0, 0.1) is 0 Å². The highest BCUT2D eigenvalue weighted by Gasteiger charge is 2.19. The molecule has 0 heterocycles. The summed E-state index contributed by atoms with van der Waals surface area (Å²) in [7, 11) is 0. The highest BCUT2D eigenvalue weighted by atomic mass is 16.6. The minimum absolute atomic E-state index is 0.0743. The minimum Gasteiger partial charge on any atom is -0.462 e. The van der Waals surface area contributed by atoms with Crippen molar-refractivity contribution < 1.29 is 28.6 Å². The van der Waals surface area contributed by atoms with Crippen LogP contribution in [0.15, 0.2) is 36.5 Å². The summed E-state index contributed by atoms with van der Waals surface area (Å²) in [6, 6.07) is 0. The fraction of sp³-hybridized carbons (Fsp3) is 0.850. The van der Waals surface area contributed by atoms with Gasteiger partial charge in [-0.2, -0.15) is 0 Å². The van der Waals surface area contributed by atoms with Crippen molar-refractivity contribution in [2.24, 2.45) is 0 Å². The van der Waals surface area contributed by atoms with Gasteiger partial charge in [-0.05, 0) is 51.4 Å². The van der Waals surface area contributed by atoms with Crippen LogP contribution in [0.25, 0.3) is 0 Å². The predicted octanol–water partition coefficient (Wildman–Crippen LogP) is 19.3. The van der Waals surface area contributed by atoms with Crippen molar-refractivity contribution in [3.63, 3.8) is 0 Å². The van der Waals surface area contributed by atoms with Crippen LogP contribution in [0.4, 0.5) is 0 Å². The van der Waals surface area contributed by atoms with Gasteiger partial charge in [-0.25, -0.2) is 0 Å². The lowest BCUT2D eigenvalue weighted by atomic mass is 10.0. The largest absolute Gasteiger partial charge is 0.462 e. The highest BCUT2D eigenvalue weighted by Crippen LogP contribution is 2.17. The van der Waals surface area contributed by atoms with E-state index in [4.69, 9.17) is 14.2 Å². The Hall–Kier alpha value is -2.37. The molecule has 1 unspecified atom stereocenters. The predicted molar refractivity (Wildman–Crippen MR) is 284 cm³/mol. The molecule has 0 saturated carbocycles. The van der Waals surface area contributed by atoms with Crippen LogP contribution >= 0.6 is 0 Å². The Morgan fingerprint density at radius 2 is 0.591 bits per heavy atom. The maximum Gasteiger partial charge on any atom is 0.306 e. The maximum absolute atomic E-state index is 12.8. The molecule has 0 amide bonds. The summed E-state index contributed by atoms with van der Waals surface area (Å²) >= 11 is 0. The van der Waals surface area contributed by atoms with Crippen LogP contribution in [0.1, 0.15) is 310 Å². The van der Waals surface area contributed by atoms with Crippen LogP contribution in [-0.2, 0) is 28.6 Å². The lowest BCUT2D eigenvalue weighted by Crippen LogP contribution is -2.30. The molecule has 0 aromatic rings. The van der Waals surface area contributed by atoms with Gasteiger partial charge in [-0.1, -0.05) is 276 Å². The fourth-order valence-corrected chi connectivity index (χ4v) is 8.58. The van der Waals surface area contributed by atoms with Crippen molar-refractivity contribution in [3.8, 4) is 0 Å². The van der Waals surface area contributed by atoms with E-state index < -0.39 is 6.10 Å². The normalized spacial score (nSPS) is 12.2. The molecule has 6 heteroatoms. The maximum atomic E-state index is 12.8. The smallest absolute Gasteiger partial charge is 0.306 e. The Morgan fingerprint density at radius 3 is 0.924 bits per heavy atom. The highest BCUT2D eigenvalue weighted by molar-refractivity contribution is 5.71. The lowest BCUT2D eigenvalue weighted by Gasteiger charge is -2.18. The summed E-state index contributed by atoms with van der Waals surface area (Å²) in [4.78, 5) is 38.1. The van der Waals surface area contributed by atoms with Gasteiger partial charge >= 0.3 is 17.9 Å². The zero-order chi connectivity index (χ0) is 47.9. The van der Waals surface area contributed by atoms with E-state index >= 15 is 0 Å². The van der Waals surface area contributed by atoms with Gasteiger partial charge in [0.15, 0.2) is 6.10 Å². The minimum atomic E-state index is -0.777. The van der Waals surface area contributed by atoms with E-state index in [1.54, 1.807) is 0 Å². The number of allylic oxidation sites excluding steroid dienone is 6. The van der Waals surface area contributed by atoms with Crippen LogP contribution in [0.5, 0.6) is 0 Å². The second-order valence-corrected chi connectivity index (χ2v) is 19.5. The standard InChI is InChI=1S/C60H110O6/c1-4-7-10-13-16-19-22-25-28-30-31-33-35-38-41-44-47-50-53-59(62)65-56-57(55-64-58(61)52-49-46-43-40-37-34-27-24-21-18-15-12-9-6-3)66-60(63)54-51-48-45-42-39-36-32-29-26-23-20-17-14-11-8-5-2/h9,12,18,21,27,34,57H,4-8,10-11,13-17,19-20,22-26,28-33,35-56H2,1-3H3/b12-9-,21-18-,34-27-. The number of carbonyl (C=O) groups is 3. The SMILES string of the molecule is CC/C=C\C/C=C\C/C=C\CCCCCCC(=O)OCC(COC(=O)CCCCCCCCCCCCCCCCCCCC)OC(=O)CCCCCCCCCCCCCCCCCC. The molecule has 386 valence electrons. The van der Waals surface area contributed by atoms with Crippen molar-refractivity contribution in [1.82, 2.24) is 0 Å². The van der Waals surface area contributed by atoms with E-state index in [9.17, 15) is 14.4 Å². The second kappa shape index (κ2) is 55.2. The summed E-state index contributed by atoms with van der Waals surface area (Å²) in [5.41, 5.74) is 0. The molecule has 1 atom stereocenters. The molecule has 66 heavy (non-hydrogen) atoms. The van der Waals surface area contributed by atoms with Gasteiger partial charge in [0.25, 0.3) is 0 Å². The van der Waals surface area contributed by atoms with Gasteiger partial charge in [0.1, 0.15) is 13.2 Å². The molecule has 0 aliphatic carbocycles. The number of hydrogen-bond donors (Lipinski definition) is 0. The molecule has 0 bridgehead atoms. The van der Waals surface area contributed by atoms with E-state index in [1.165, 1.54) is 180 Å². The monoisotopic (exact) mass is 927 g/mol. The van der Waals surface area contributed by atoms with Crippen molar-refractivity contribution >= 4 is 17.9 Å². The Labute approximate surface area is 410 Å². The number of esters is 3. The molecule has 0 radical (unpaired) electrons. The van der Waals surface area contributed by atoms with Gasteiger partial charge in [0, 0.05) is 19.3 Å². The molecule has 0 N–H and O–H groups in total. The lowest BCUT2D eigenvalue weighted by molar-refractivity contribution is -0.167. The number of unbranched alkanes of at least 4 members (excludes halogenated alkanes) is 36. The molecule has 0 aromatic heterocycles. The fourth-order valence-electron chi connectivity index (χ4n) is 8.58. The molecule has 0 aliphatic rings. The first-order valence-corrected chi connectivity index (χ1v) is 29.0. The Kier molecular flexibility index (Phi) is 53.2. The third-order valence-electron chi connectivity index (χ3n) is 12.9. The van der Waals surface area contributed by atoms with Crippen LogP contribution in [0.3, 0.4) is 0 Å². The molecule has 0 spiro atoms. The first-order valence-electron chi connectivity index (χ1n) is 29.0. The molecule has 0 fully saturated rings. The zero-order valence-corrected chi connectivity index (χ0v) is 44.2. The van der Waals surface area contributed by atoms with Crippen molar-refractivity contribution in [3.05, 3.63) is 36.5 Å². The Bertz CT molecular complexity index is 1110. The Balaban J connectivity index is 4.33. The molecule has 0 rings (SSSR count). The first-order chi connectivity index (χ1) is 32.5. The van der Waals surface area contributed by atoms with E-state index in [1.807, 2.05) is 0 Å². The molecule has 0 saturated heterocycles. The number of hydrogen-bond acceptors (Lipinski definition) is 6. The van der Waals surface area contributed by atoms with Crippen LogP contribution in [0.2, 0.25) is 0 Å². The second-order valence-electron chi connectivity index (χ2n) is 19.5. The number of ether oxygens (including phenoxy) is 3. The van der Waals surface area contributed by atoms with Gasteiger partial charge in [0.2, 0.25) is 0 Å². The number of carbonyl (C=O) groups excluding carboxylic acids is 3. The molecular weight excluding hydrogens is 817 g/mol. The van der Waals surface area contributed by atoms with E-state index in [0.717, 1.165) is 89.9 Å². The third kappa shape index (κ3) is 52.6. The van der Waals surface area contributed by atoms with Gasteiger partial charge < -0.3 is 14.2 Å². The van der Waals surface area contributed by atoms with Gasteiger partial charge in [-0.3, -0.25) is 14.4 Å². The summed E-state index contributed by atoms with van der Waals surface area (Å²) < 4.78 is 16.9. The zero-order valence-electron chi connectivity index (χ0n) is 44.2. The summed E-state index contributed by atoms with van der Waals surface area (Å²) in [6.07, 6.45) is 65.6. The van der Waals surface area contributed by atoms with Crippen LogP contribution < -0.4 is 0 Å².